The number of aromatic nitrogens is 2. The number of morpholine rings is 1. The highest BCUT2D eigenvalue weighted by atomic mass is 79.9. The molecule has 1 N–H and O–H groups in total. The number of sulfonamides is 1. The van der Waals surface area contributed by atoms with Gasteiger partial charge in [0.15, 0.2) is 0 Å². The fourth-order valence-electron chi connectivity index (χ4n) is 2.69. The quantitative estimate of drug-likeness (QED) is 0.717. The first-order chi connectivity index (χ1) is 12.9. The third kappa shape index (κ3) is 4.95. The number of hydrogen-bond acceptors (Lipinski definition) is 5. The van der Waals surface area contributed by atoms with Crippen LogP contribution in [0.15, 0.2) is 39.8 Å². The van der Waals surface area contributed by atoms with Gasteiger partial charge in [0, 0.05) is 37.9 Å². The molecule has 8 nitrogen and oxygen atoms in total. The number of aryl methyl sites for hydroxylation is 2. The van der Waals surface area contributed by atoms with E-state index < -0.39 is 10.0 Å². The Hall–Kier alpha value is -1.75. The van der Waals surface area contributed by atoms with E-state index in [2.05, 4.69) is 26.3 Å². The topological polar surface area (TPSA) is 93.5 Å². The Morgan fingerprint density at radius 1 is 1.26 bits per heavy atom. The summed E-state index contributed by atoms with van der Waals surface area (Å²) in [6, 6.07) is 6.21. The zero-order valence-electron chi connectivity index (χ0n) is 14.9. The predicted octanol–water partition coefficient (Wildman–Crippen LogP) is 2.00. The lowest BCUT2D eigenvalue weighted by molar-refractivity contribution is -0.116. The molecule has 0 spiro atoms. The number of amides is 1. The Morgan fingerprint density at radius 2 is 1.93 bits per heavy atom. The van der Waals surface area contributed by atoms with Gasteiger partial charge in [-0.25, -0.2) is 8.42 Å². The Kier molecular flexibility index (Phi) is 6.30. The summed E-state index contributed by atoms with van der Waals surface area (Å²) in [5.41, 5.74) is 1.42. The first kappa shape index (κ1) is 20.0. The van der Waals surface area contributed by atoms with Crippen LogP contribution in [-0.2, 0) is 26.1 Å². The summed E-state index contributed by atoms with van der Waals surface area (Å²) in [7, 11) is -3.53. The van der Waals surface area contributed by atoms with E-state index >= 15 is 0 Å². The normalized spacial score (nSPS) is 15.6. The highest BCUT2D eigenvalue weighted by Crippen LogP contribution is 2.19. The summed E-state index contributed by atoms with van der Waals surface area (Å²) in [6.45, 7) is 3.85. The zero-order valence-corrected chi connectivity index (χ0v) is 17.3. The number of carbonyl (C=O) groups is 1. The van der Waals surface area contributed by atoms with Crippen molar-refractivity contribution >= 4 is 37.5 Å². The molecule has 0 unspecified atom stereocenters. The maximum atomic E-state index is 12.6. The molecule has 1 saturated heterocycles. The van der Waals surface area contributed by atoms with E-state index in [0.29, 0.717) is 38.5 Å². The molecule has 1 fully saturated rings. The van der Waals surface area contributed by atoms with Gasteiger partial charge in [-0.1, -0.05) is 0 Å². The average Bonchev–Trinajstić information content (AvgIpc) is 2.99. The molecule has 1 amide bonds. The zero-order chi connectivity index (χ0) is 19.4. The fourth-order valence-corrected chi connectivity index (χ4v) is 4.42. The number of nitrogens with one attached hydrogen (secondary N) is 1. The summed E-state index contributed by atoms with van der Waals surface area (Å²) in [4.78, 5) is 12.3. The number of nitrogens with zero attached hydrogens (tertiary/aromatic N) is 3. The molecule has 0 bridgehead atoms. The van der Waals surface area contributed by atoms with Crippen molar-refractivity contribution < 1.29 is 17.9 Å². The van der Waals surface area contributed by atoms with Crippen molar-refractivity contribution in [3.63, 3.8) is 0 Å². The number of carbonyl (C=O) groups excluding carboxylic acids is 1. The summed E-state index contributed by atoms with van der Waals surface area (Å²) < 4.78 is 34.4. The van der Waals surface area contributed by atoms with Gasteiger partial charge in [-0.2, -0.15) is 9.40 Å². The number of hydrogen-bond donors (Lipinski definition) is 1. The SMILES string of the molecule is Cc1nn(CCC(=O)Nc2ccc(S(=O)(=O)N3CCOCC3)cc2)cc1Br. The van der Waals surface area contributed by atoms with Crippen LogP contribution >= 0.6 is 15.9 Å². The Morgan fingerprint density at radius 3 is 2.52 bits per heavy atom. The van der Waals surface area contributed by atoms with Gasteiger partial charge < -0.3 is 10.1 Å². The lowest BCUT2D eigenvalue weighted by Crippen LogP contribution is -2.40. The van der Waals surface area contributed by atoms with Crippen LogP contribution in [0.25, 0.3) is 0 Å². The van der Waals surface area contributed by atoms with Crippen LogP contribution in [-0.4, -0.2) is 54.7 Å². The van der Waals surface area contributed by atoms with Crippen LogP contribution in [0.1, 0.15) is 12.1 Å². The minimum absolute atomic E-state index is 0.164. The van der Waals surface area contributed by atoms with E-state index in [1.807, 2.05) is 13.1 Å². The van der Waals surface area contributed by atoms with Crippen molar-refractivity contribution in [2.24, 2.45) is 0 Å². The molecule has 1 aromatic carbocycles. The minimum atomic E-state index is -3.53. The van der Waals surface area contributed by atoms with Gasteiger partial charge in [-0.3, -0.25) is 9.48 Å². The number of rotatable bonds is 6. The molecular formula is C17H21BrN4O4S. The Bertz CT molecular complexity index is 886. The molecule has 1 aliphatic rings. The van der Waals surface area contributed by atoms with Crippen molar-refractivity contribution in [3.8, 4) is 0 Å². The van der Waals surface area contributed by atoms with Gasteiger partial charge in [0.2, 0.25) is 15.9 Å². The van der Waals surface area contributed by atoms with Gasteiger partial charge in [0.25, 0.3) is 0 Å². The molecule has 2 aromatic rings. The molecule has 10 heteroatoms. The fraction of sp³-hybridized carbons (Fsp3) is 0.412. The molecule has 0 saturated carbocycles. The van der Waals surface area contributed by atoms with E-state index in [-0.39, 0.29) is 17.2 Å². The molecule has 0 aliphatic carbocycles. The smallest absolute Gasteiger partial charge is 0.243 e. The second kappa shape index (κ2) is 8.51. The monoisotopic (exact) mass is 456 g/mol. The largest absolute Gasteiger partial charge is 0.379 e. The summed E-state index contributed by atoms with van der Waals surface area (Å²) in [5.74, 6) is -0.164. The van der Waals surface area contributed by atoms with Crippen LogP contribution in [0, 0.1) is 6.92 Å². The lowest BCUT2D eigenvalue weighted by atomic mass is 10.3. The average molecular weight is 457 g/mol. The van der Waals surface area contributed by atoms with E-state index in [1.54, 1.807) is 16.8 Å². The molecule has 27 heavy (non-hydrogen) atoms. The van der Waals surface area contributed by atoms with E-state index in [0.717, 1.165) is 10.2 Å². The van der Waals surface area contributed by atoms with Crippen LogP contribution < -0.4 is 5.32 Å². The van der Waals surface area contributed by atoms with Gasteiger partial charge in [-0.15, -0.1) is 0 Å². The van der Waals surface area contributed by atoms with Gasteiger partial charge >= 0.3 is 0 Å². The second-order valence-corrected chi connectivity index (χ2v) is 8.96. The Balaban J connectivity index is 1.57. The molecule has 0 radical (unpaired) electrons. The van der Waals surface area contributed by atoms with E-state index in [9.17, 15) is 13.2 Å². The van der Waals surface area contributed by atoms with Crippen LogP contribution in [0.5, 0.6) is 0 Å². The third-order valence-electron chi connectivity index (χ3n) is 4.20. The highest BCUT2D eigenvalue weighted by Gasteiger charge is 2.26. The lowest BCUT2D eigenvalue weighted by Gasteiger charge is -2.26. The van der Waals surface area contributed by atoms with Crippen molar-refractivity contribution in [1.29, 1.82) is 0 Å². The maximum Gasteiger partial charge on any atom is 0.243 e. The Labute approximate surface area is 166 Å². The van der Waals surface area contributed by atoms with Crippen molar-refractivity contribution in [3.05, 3.63) is 40.6 Å². The second-order valence-electron chi connectivity index (χ2n) is 6.16. The highest BCUT2D eigenvalue weighted by molar-refractivity contribution is 9.10. The van der Waals surface area contributed by atoms with E-state index in [4.69, 9.17) is 4.74 Å². The first-order valence-corrected chi connectivity index (χ1v) is 10.8. The summed E-state index contributed by atoms with van der Waals surface area (Å²) in [5, 5.41) is 7.05. The summed E-state index contributed by atoms with van der Waals surface area (Å²) >= 11 is 3.38. The van der Waals surface area contributed by atoms with Crippen LogP contribution in [0.4, 0.5) is 5.69 Å². The van der Waals surface area contributed by atoms with Crippen molar-refractivity contribution in [1.82, 2.24) is 14.1 Å². The first-order valence-electron chi connectivity index (χ1n) is 8.53. The summed E-state index contributed by atoms with van der Waals surface area (Å²) in [6.07, 6.45) is 2.09. The van der Waals surface area contributed by atoms with Crippen molar-refractivity contribution in [2.45, 2.75) is 24.8 Å². The van der Waals surface area contributed by atoms with Gasteiger partial charge in [-0.05, 0) is 47.1 Å². The van der Waals surface area contributed by atoms with Crippen LogP contribution in [0.3, 0.4) is 0 Å². The number of anilines is 1. The predicted molar refractivity (Wildman–Crippen MR) is 104 cm³/mol. The van der Waals surface area contributed by atoms with Crippen LogP contribution in [0.2, 0.25) is 0 Å². The maximum absolute atomic E-state index is 12.6. The van der Waals surface area contributed by atoms with Crippen molar-refractivity contribution in [2.75, 3.05) is 31.6 Å². The number of halogens is 1. The van der Waals surface area contributed by atoms with E-state index in [1.165, 1.54) is 16.4 Å². The number of ether oxygens (including phenoxy) is 1. The molecular weight excluding hydrogens is 436 g/mol. The molecule has 2 heterocycles. The molecule has 3 rings (SSSR count). The number of benzene rings is 1. The molecule has 1 aromatic heterocycles. The standard InChI is InChI=1S/C17H21BrN4O4S/c1-13-16(18)12-21(20-13)7-6-17(23)19-14-2-4-15(5-3-14)27(24,25)22-8-10-26-11-9-22/h2-5,12H,6-11H2,1H3,(H,19,23). The molecule has 1 aliphatic heterocycles. The van der Waals surface area contributed by atoms with Gasteiger partial charge in [0.05, 0.1) is 28.3 Å². The minimum Gasteiger partial charge on any atom is -0.379 e. The van der Waals surface area contributed by atoms with Gasteiger partial charge in [0.1, 0.15) is 0 Å². The molecule has 0 atom stereocenters. The molecule has 146 valence electrons. The third-order valence-corrected chi connectivity index (χ3v) is 6.89.